The zero-order valence-electron chi connectivity index (χ0n) is 9.34. The lowest BCUT2D eigenvalue weighted by Crippen LogP contribution is -2.29. The zero-order chi connectivity index (χ0) is 10.8. The monoisotopic (exact) mass is 199 g/mol. The van der Waals surface area contributed by atoms with E-state index in [9.17, 15) is 4.79 Å². The van der Waals surface area contributed by atoms with Crippen LogP contribution in [0, 0.1) is 11.3 Å². The van der Waals surface area contributed by atoms with Gasteiger partial charge in [0.2, 0.25) is 0 Å². The molecule has 3 nitrogen and oxygen atoms in total. The number of carboxylic acids is 1. The fraction of sp³-hybridized carbons (Fsp3) is 0.909. The van der Waals surface area contributed by atoms with Crippen molar-refractivity contribution in [2.24, 2.45) is 11.3 Å². The van der Waals surface area contributed by atoms with Gasteiger partial charge in [0.15, 0.2) is 0 Å². The number of nitrogens with one attached hydrogen (secondary N) is 1. The summed E-state index contributed by atoms with van der Waals surface area (Å²) in [5.41, 5.74) is 0.513. The Balaban J connectivity index is 2.04. The van der Waals surface area contributed by atoms with Gasteiger partial charge in [-0.2, -0.15) is 0 Å². The van der Waals surface area contributed by atoms with E-state index in [1.165, 1.54) is 6.42 Å². The fourth-order valence-electron chi connectivity index (χ4n) is 1.71. The van der Waals surface area contributed by atoms with Gasteiger partial charge in [-0.05, 0) is 37.6 Å². The molecule has 0 radical (unpaired) electrons. The molecule has 1 saturated carbocycles. The van der Waals surface area contributed by atoms with E-state index >= 15 is 0 Å². The molecule has 1 fully saturated rings. The van der Waals surface area contributed by atoms with Crippen LogP contribution < -0.4 is 5.32 Å². The van der Waals surface area contributed by atoms with Gasteiger partial charge in [0, 0.05) is 12.5 Å². The Morgan fingerprint density at radius 1 is 1.64 bits per heavy atom. The number of hydrogen-bond donors (Lipinski definition) is 2. The van der Waals surface area contributed by atoms with Crippen molar-refractivity contribution < 1.29 is 9.90 Å². The van der Waals surface area contributed by atoms with E-state index in [2.05, 4.69) is 26.1 Å². The Kier molecular flexibility index (Phi) is 3.53. The van der Waals surface area contributed by atoms with Crippen molar-refractivity contribution in [3.63, 3.8) is 0 Å². The normalized spacial score (nSPS) is 25.8. The van der Waals surface area contributed by atoms with Gasteiger partial charge in [-0.15, -0.1) is 0 Å². The van der Waals surface area contributed by atoms with Crippen LogP contribution in [0.3, 0.4) is 0 Å². The molecule has 2 N–H and O–H groups in total. The van der Waals surface area contributed by atoms with Crippen molar-refractivity contribution in [1.82, 2.24) is 5.32 Å². The Morgan fingerprint density at radius 2 is 2.21 bits per heavy atom. The van der Waals surface area contributed by atoms with Crippen LogP contribution >= 0.6 is 0 Å². The maximum atomic E-state index is 10.3. The quantitative estimate of drug-likeness (QED) is 0.686. The lowest BCUT2D eigenvalue weighted by Gasteiger charge is -2.13. The smallest absolute Gasteiger partial charge is 0.303 e. The first-order chi connectivity index (χ1) is 6.42. The van der Waals surface area contributed by atoms with E-state index < -0.39 is 5.97 Å². The van der Waals surface area contributed by atoms with E-state index in [4.69, 9.17) is 5.11 Å². The first-order valence-corrected chi connectivity index (χ1v) is 5.37. The van der Waals surface area contributed by atoms with Gasteiger partial charge in [0.1, 0.15) is 0 Å². The number of rotatable bonds is 6. The molecule has 0 saturated heterocycles. The molecule has 0 bridgehead atoms. The minimum atomic E-state index is -0.703. The van der Waals surface area contributed by atoms with E-state index in [0.717, 1.165) is 18.9 Å². The Bertz CT molecular complexity index is 213. The second-order valence-corrected chi connectivity index (χ2v) is 5.13. The summed E-state index contributed by atoms with van der Waals surface area (Å²) in [4.78, 5) is 10.3. The second kappa shape index (κ2) is 4.30. The van der Waals surface area contributed by atoms with Crippen LogP contribution in [0.25, 0.3) is 0 Å². The van der Waals surface area contributed by atoms with Gasteiger partial charge in [-0.1, -0.05) is 13.8 Å². The topological polar surface area (TPSA) is 49.3 Å². The molecule has 2 unspecified atom stereocenters. The molecule has 1 rings (SSSR count). The van der Waals surface area contributed by atoms with E-state index in [0.29, 0.717) is 11.5 Å². The molecule has 0 aromatic carbocycles. The Hall–Kier alpha value is -0.570. The zero-order valence-corrected chi connectivity index (χ0v) is 9.34. The summed E-state index contributed by atoms with van der Waals surface area (Å²) >= 11 is 0. The van der Waals surface area contributed by atoms with Crippen LogP contribution in [0.15, 0.2) is 0 Å². The minimum absolute atomic E-state index is 0.266. The molecule has 0 aromatic rings. The van der Waals surface area contributed by atoms with Gasteiger partial charge in [-0.3, -0.25) is 4.79 Å². The third-order valence-corrected chi connectivity index (χ3v) is 3.22. The highest BCUT2D eigenvalue weighted by molar-refractivity contribution is 5.66. The predicted octanol–water partition coefficient (Wildman–Crippen LogP) is 1.88. The molecular formula is C11H21NO2. The van der Waals surface area contributed by atoms with Crippen LogP contribution in [-0.2, 0) is 4.79 Å². The summed E-state index contributed by atoms with van der Waals surface area (Å²) in [5, 5.41) is 11.9. The second-order valence-electron chi connectivity index (χ2n) is 5.13. The number of carboxylic acid groups (broad SMARTS) is 1. The summed E-state index contributed by atoms with van der Waals surface area (Å²) in [6.45, 7) is 7.65. The van der Waals surface area contributed by atoms with Gasteiger partial charge >= 0.3 is 5.97 Å². The third-order valence-electron chi connectivity index (χ3n) is 3.22. The van der Waals surface area contributed by atoms with Crippen molar-refractivity contribution in [1.29, 1.82) is 0 Å². The Labute approximate surface area is 85.9 Å². The van der Waals surface area contributed by atoms with Gasteiger partial charge in [-0.25, -0.2) is 0 Å². The molecule has 0 aromatic heterocycles. The van der Waals surface area contributed by atoms with Crippen molar-refractivity contribution in [2.45, 2.75) is 46.1 Å². The molecule has 0 amide bonds. The molecule has 14 heavy (non-hydrogen) atoms. The van der Waals surface area contributed by atoms with Crippen LogP contribution in [-0.4, -0.2) is 23.7 Å². The lowest BCUT2D eigenvalue weighted by atomic mass is 10.1. The van der Waals surface area contributed by atoms with Crippen LogP contribution in [0.2, 0.25) is 0 Å². The first-order valence-electron chi connectivity index (χ1n) is 5.37. The standard InChI is InChI=1S/C11H21NO2/c1-8(4-5-10(13)14)12-7-9-6-11(9,2)3/h8-9,12H,4-7H2,1-3H3,(H,13,14). The van der Waals surface area contributed by atoms with Crippen molar-refractivity contribution in [2.75, 3.05) is 6.54 Å². The summed E-state index contributed by atoms with van der Waals surface area (Å²) in [6.07, 6.45) is 2.29. The number of aliphatic carboxylic acids is 1. The summed E-state index contributed by atoms with van der Waals surface area (Å²) in [5.74, 6) is 0.0835. The highest BCUT2D eigenvalue weighted by Gasteiger charge is 2.44. The molecule has 82 valence electrons. The first kappa shape index (κ1) is 11.5. The number of hydrogen-bond acceptors (Lipinski definition) is 2. The largest absolute Gasteiger partial charge is 0.481 e. The molecular weight excluding hydrogens is 178 g/mol. The van der Waals surface area contributed by atoms with Crippen LogP contribution in [0.4, 0.5) is 0 Å². The highest BCUT2D eigenvalue weighted by atomic mass is 16.4. The van der Waals surface area contributed by atoms with Crippen LogP contribution in [0.1, 0.15) is 40.0 Å². The van der Waals surface area contributed by atoms with Crippen molar-refractivity contribution >= 4 is 5.97 Å². The third kappa shape index (κ3) is 3.66. The average molecular weight is 199 g/mol. The van der Waals surface area contributed by atoms with Crippen molar-refractivity contribution in [3.05, 3.63) is 0 Å². The van der Waals surface area contributed by atoms with E-state index in [1.807, 2.05) is 0 Å². The molecule has 1 aliphatic carbocycles. The highest BCUT2D eigenvalue weighted by Crippen LogP contribution is 2.51. The number of carbonyl (C=O) groups is 1. The molecule has 3 heteroatoms. The maximum absolute atomic E-state index is 10.3. The fourth-order valence-corrected chi connectivity index (χ4v) is 1.71. The van der Waals surface area contributed by atoms with Gasteiger partial charge in [0.25, 0.3) is 0 Å². The molecule has 0 spiro atoms. The molecule has 0 aliphatic heterocycles. The summed E-state index contributed by atoms with van der Waals surface area (Å²) < 4.78 is 0. The maximum Gasteiger partial charge on any atom is 0.303 e. The molecule has 2 atom stereocenters. The van der Waals surface area contributed by atoms with Crippen LogP contribution in [0.5, 0.6) is 0 Å². The van der Waals surface area contributed by atoms with E-state index in [1.54, 1.807) is 0 Å². The average Bonchev–Trinajstić information content (AvgIpc) is 2.67. The van der Waals surface area contributed by atoms with Crippen molar-refractivity contribution in [3.8, 4) is 0 Å². The lowest BCUT2D eigenvalue weighted by molar-refractivity contribution is -0.137. The molecule has 1 aliphatic rings. The summed E-state index contributed by atoms with van der Waals surface area (Å²) in [7, 11) is 0. The predicted molar refractivity (Wildman–Crippen MR) is 56.2 cm³/mol. The molecule has 0 heterocycles. The van der Waals surface area contributed by atoms with E-state index in [-0.39, 0.29) is 6.42 Å². The minimum Gasteiger partial charge on any atom is -0.481 e. The van der Waals surface area contributed by atoms with Gasteiger partial charge in [0.05, 0.1) is 0 Å². The van der Waals surface area contributed by atoms with Gasteiger partial charge < -0.3 is 10.4 Å². The SMILES string of the molecule is CC(CCC(=O)O)NCC1CC1(C)C. The summed E-state index contributed by atoms with van der Waals surface area (Å²) in [6, 6.07) is 0.322. The Morgan fingerprint density at radius 3 is 2.64 bits per heavy atom.